The second kappa shape index (κ2) is 4.77. The summed E-state index contributed by atoms with van der Waals surface area (Å²) in [6.45, 7) is 5.78. The van der Waals surface area contributed by atoms with Crippen molar-refractivity contribution in [3.63, 3.8) is 0 Å². The van der Waals surface area contributed by atoms with Crippen LogP contribution >= 0.6 is 15.9 Å². The summed E-state index contributed by atoms with van der Waals surface area (Å²) >= 11 is 3.25. The van der Waals surface area contributed by atoms with Gasteiger partial charge in [0, 0.05) is 17.1 Å². The molecule has 2 nitrogen and oxygen atoms in total. The van der Waals surface area contributed by atoms with Crippen LogP contribution in [0, 0.1) is 19.7 Å². The Bertz CT molecular complexity index is 457. The van der Waals surface area contributed by atoms with E-state index in [2.05, 4.69) is 22.9 Å². The third kappa shape index (κ3) is 2.37. The number of benzene rings is 1. The Kier molecular flexibility index (Phi) is 3.52. The average molecular weight is 299 g/mol. The van der Waals surface area contributed by atoms with Crippen LogP contribution in [0.2, 0.25) is 0 Å². The van der Waals surface area contributed by atoms with Crippen LogP contribution < -0.4 is 0 Å². The Morgan fingerprint density at radius 2 is 2.24 bits per heavy atom. The van der Waals surface area contributed by atoms with Crippen molar-refractivity contribution in [2.24, 2.45) is 0 Å². The molecule has 1 amide bonds. The number of rotatable bonds is 3. The minimum atomic E-state index is -0.441. The molecule has 0 saturated heterocycles. The second-order valence-corrected chi connectivity index (χ2v) is 5.12. The highest BCUT2D eigenvalue weighted by Gasteiger charge is 2.33. The molecule has 17 heavy (non-hydrogen) atoms. The van der Waals surface area contributed by atoms with Gasteiger partial charge in [-0.15, -0.1) is 0 Å². The molecule has 1 aliphatic carbocycles. The highest BCUT2D eigenvalue weighted by Crippen LogP contribution is 2.29. The van der Waals surface area contributed by atoms with Gasteiger partial charge in [-0.25, -0.2) is 4.39 Å². The normalized spacial score (nSPS) is 14.8. The summed E-state index contributed by atoms with van der Waals surface area (Å²) in [5.41, 5.74) is 0.608. The summed E-state index contributed by atoms with van der Waals surface area (Å²) in [4.78, 5) is 13.8. The lowest BCUT2D eigenvalue weighted by Gasteiger charge is -2.21. The minimum absolute atomic E-state index is 0.140. The molecule has 0 aromatic heterocycles. The van der Waals surface area contributed by atoms with Crippen LogP contribution in [0.1, 0.15) is 28.8 Å². The summed E-state index contributed by atoms with van der Waals surface area (Å²) in [6.07, 6.45) is 2.00. The minimum Gasteiger partial charge on any atom is -0.336 e. The lowest BCUT2D eigenvalue weighted by molar-refractivity contribution is 0.0757. The number of hydrogen-bond acceptors (Lipinski definition) is 1. The van der Waals surface area contributed by atoms with Gasteiger partial charge in [-0.3, -0.25) is 4.79 Å². The van der Waals surface area contributed by atoms with Crippen LogP contribution in [0.3, 0.4) is 0 Å². The van der Waals surface area contributed by atoms with E-state index in [1.807, 2.05) is 0 Å². The Labute approximate surface area is 109 Å². The number of halogens is 2. The van der Waals surface area contributed by atoms with Gasteiger partial charge in [0.15, 0.2) is 0 Å². The Morgan fingerprint density at radius 3 is 2.76 bits per heavy atom. The average Bonchev–Trinajstić information content (AvgIpc) is 3.11. The van der Waals surface area contributed by atoms with E-state index in [1.165, 1.54) is 6.07 Å². The van der Waals surface area contributed by atoms with Gasteiger partial charge in [0.1, 0.15) is 5.82 Å². The third-order valence-corrected chi connectivity index (χ3v) is 3.90. The molecule has 1 aliphatic rings. The number of amides is 1. The zero-order valence-electron chi connectivity index (χ0n) is 9.67. The highest BCUT2D eigenvalue weighted by molar-refractivity contribution is 9.10. The predicted octanol–water partition coefficient (Wildman–Crippen LogP) is 3.34. The van der Waals surface area contributed by atoms with E-state index in [4.69, 9.17) is 0 Å². The van der Waals surface area contributed by atoms with Gasteiger partial charge in [0.05, 0.1) is 5.56 Å². The van der Waals surface area contributed by atoms with Crippen molar-refractivity contribution in [2.75, 3.05) is 6.54 Å². The molecule has 1 aromatic rings. The van der Waals surface area contributed by atoms with Gasteiger partial charge in [0.2, 0.25) is 0 Å². The van der Waals surface area contributed by atoms with Crippen LogP contribution in [0.4, 0.5) is 4.39 Å². The zero-order chi connectivity index (χ0) is 12.6. The first-order chi connectivity index (χ1) is 8.06. The lowest BCUT2D eigenvalue weighted by Crippen LogP contribution is -2.33. The van der Waals surface area contributed by atoms with Crippen molar-refractivity contribution in [1.82, 2.24) is 4.90 Å². The van der Waals surface area contributed by atoms with Gasteiger partial charge in [0.25, 0.3) is 5.91 Å². The molecule has 0 atom stereocenters. The monoisotopic (exact) mass is 298 g/mol. The fraction of sp³-hybridized carbons (Fsp3) is 0.385. The molecular formula is C13H14BrFNO. The summed E-state index contributed by atoms with van der Waals surface area (Å²) < 4.78 is 14.7. The molecular weight excluding hydrogens is 285 g/mol. The van der Waals surface area contributed by atoms with Crippen molar-refractivity contribution in [2.45, 2.75) is 25.8 Å². The van der Waals surface area contributed by atoms with Crippen LogP contribution in [0.25, 0.3) is 0 Å². The van der Waals surface area contributed by atoms with E-state index in [-0.39, 0.29) is 17.5 Å². The molecule has 1 aromatic carbocycles. The zero-order valence-corrected chi connectivity index (χ0v) is 11.3. The molecule has 0 bridgehead atoms. The van der Waals surface area contributed by atoms with Crippen molar-refractivity contribution < 1.29 is 9.18 Å². The maximum atomic E-state index is 14.0. The van der Waals surface area contributed by atoms with Crippen molar-refractivity contribution in [3.05, 3.63) is 40.5 Å². The topological polar surface area (TPSA) is 20.3 Å². The van der Waals surface area contributed by atoms with E-state index < -0.39 is 5.82 Å². The number of hydrogen-bond donors (Lipinski definition) is 0. The van der Waals surface area contributed by atoms with Gasteiger partial charge in [-0.05, 0) is 44.4 Å². The van der Waals surface area contributed by atoms with E-state index in [1.54, 1.807) is 17.9 Å². The predicted molar refractivity (Wildman–Crippen MR) is 68.3 cm³/mol. The first-order valence-electron chi connectivity index (χ1n) is 5.61. The number of carbonyl (C=O) groups excluding carboxylic acids is 1. The Morgan fingerprint density at radius 1 is 1.59 bits per heavy atom. The van der Waals surface area contributed by atoms with E-state index in [0.29, 0.717) is 16.6 Å². The SMILES string of the molecule is [CH2]CN(C(=O)c1ccc(Br)c(C)c1F)C1CC1. The molecule has 0 spiro atoms. The van der Waals surface area contributed by atoms with E-state index >= 15 is 0 Å². The van der Waals surface area contributed by atoms with Gasteiger partial charge in [-0.1, -0.05) is 15.9 Å². The maximum absolute atomic E-state index is 14.0. The quantitative estimate of drug-likeness (QED) is 0.838. The van der Waals surface area contributed by atoms with E-state index in [9.17, 15) is 9.18 Å². The highest BCUT2D eigenvalue weighted by atomic mass is 79.9. The van der Waals surface area contributed by atoms with E-state index in [0.717, 1.165) is 12.8 Å². The summed E-state index contributed by atoms with van der Waals surface area (Å²) in [5, 5.41) is 0. The smallest absolute Gasteiger partial charge is 0.257 e. The summed E-state index contributed by atoms with van der Waals surface area (Å²) in [5.74, 6) is -0.695. The van der Waals surface area contributed by atoms with Crippen LogP contribution in [-0.4, -0.2) is 23.4 Å². The second-order valence-electron chi connectivity index (χ2n) is 4.26. The molecule has 1 fully saturated rings. The van der Waals surface area contributed by atoms with Crippen LogP contribution in [0.15, 0.2) is 16.6 Å². The Hall–Kier alpha value is -0.900. The number of nitrogens with zero attached hydrogens (tertiary/aromatic N) is 1. The molecule has 91 valence electrons. The molecule has 1 saturated carbocycles. The molecule has 2 rings (SSSR count). The lowest BCUT2D eigenvalue weighted by atomic mass is 10.1. The first kappa shape index (κ1) is 12.6. The van der Waals surface area contributed by atoms with Gasteiger partial charge < -0.3 is 4.90 Å². The van der Waals surface area contributed by atoms with Crippen molar-refractivity contribution in [1.29, 1.82) is 0 Å². The van der Waals surface area contributed by atoms with Crippen molar-refractivity contribution in [3.8, 4) is 0 Å². The maximum Gasteiger partial charge on any atom is 0.257 e. The summed E-state index contributed by atoms with van der Waals surface area (Å²) in [7, 11) is 0. The standard InChI is InChI=1S/C13H14BrFNO/c1-3-16(9-4-5-9)13(17)10-6-7-11(14)8(2)12(10)15/h6-7,9H,1,3-5H2,2H3. The van der Waals surface area contributed by atoms with Crippen LogP contribution in [0.5, 0.6) is 0 Å². The summed E-state index contributed by atoms with van der Waals surface area (Å²) in [6, 6.07) is 3.49. The first-order valence-corrected chi connectivity index (χ1v) is 6.40. The van der Waals surface area contributed by atoms with Crippen molar-refractivity contribution >= 4 is 21.8 Å². The third-order valence-electron chi connectivity index (χ3n) is 3.04. The van der Waals surface area contributed by atoms with Gasteiger partial charge in [-0.2, -0.15) is 0 Å². The Balaban J connectivity index is 2.33. The molecule has 1 radical (unpaired) electrons. The molecule has 0 heterocycles. The van der Waals surface area contributed by atoms with Crippen LogP contribution in [-0.2, 0) is 0 Å². The largest absolute Gasteiger partial charge is 0.336 e. The fourth-order valence-electron chi connectivity index (χ4n) is 1.82. The molecule has 0 unspecified atom stereocenters. The van der Waals surface area contributed by atoms with Gasteiger partial charge >= 0.3 is 0 Å². The molecule has 0 N–H and O–H groups in total. The fourth-order valence-corrected chi connectivity index (χ4v) is 2.12. The molecule has 0 aliphatic heterocycles. The number of carbonyl (C=O) groups is 1. The molecule has 4 heteroatoms.